The van der Waals surface area contributed by atoms with Crippen molar-refractivity contribution in [3.05, 3.63) is 23.8 Å². The number of hydrogen-bond acceptors (Lipinski definition) is 5. The summed E-state index contributed by atoms with van der Waals surface area (Å²) in [5, 5.41) is 9.86. The quantitative estimate of drug-likeness (QED) is 0.867. The van der Waals surface area contributed by atoms with E-state index in [4.69, 9.17) is 0 Å². The Kier molecular flexibility index (Phi) is 3.56. The Labute approximate surface area is 140 Å². The fourth-order valence-electron chi connectivity index (χ4n) is 4.08. The summed E-state index contributed by atoms with van der Waals surface area (Å²) in [6.45, 7) is 4.57. The zero-order chi connectivity index (χ0) is 16.9. The van der Waals surface area contributed by atoms with E-state index in [2.05, 4.69) is 14.9 Å². The van der Waals surface area contributed by atoms with Gasteiger partial charge in [0.1, 0.15) is 5.41 Å². The molecule has 1 aromatic rings. The highest BCUT2D eigenvalue weighted by atomic mass is 16.4. The van der Waals surface area contributed by atoms with Crippen LogP contribution in [0.4, 0.5) is 0 Å². The molecule has 2 saturated heterocycles. The van der Waals surface area contributed by atoms with E-state index < -0.39 is 11.4 Å². The van der Waals surface area contributed by atoms with Crippen LogP contribution in [0, 0.1) is 24.2 Å². The third-order valence-corrected chi connectivity index (χ3v) is 5.56. The number of carboxylic acid groups (broad SMARTS) is 1. The lowest BCUT2D eigenvalue weighted by molar-refractivity contribution is -0.149. The Bertz CT molecular complexity index is 673. The van der Waals surface area contributed by atoms with Crippen molar-refractivity contribution < 1.29 is 14.7 Å². The number of aryl methyl sites for hydroxylation is 1. The van der Waals surface area contributed by atoms with E-state index in [1.165, 1.54) is 0 Å². The smallest absolute Gasteiger partial charge is 0.313 e. The number of nitrogens with zero attached hydrogens (tertiary/aromatic N) is 4. The highest BCUT2D eigenvalue weighted by molar-refractivity contribution is 5.84. The lowest BCUT2D eigenvalue weighted by Crippen LogP contribution is -2.42. The van der Waals surface area contributed by atoms with Crippen LogP contribution in [0.5, 0.6) is 0 Å². The van der Waals surface area contributed by atoms with E-state index in [0.29, 0.717) is 32.7 Å². The van der Waals surface area contributed by atoms with Crippen molar-refractivity contribution in [1.29, 1.82) is 0 Å². The summed E-state index contributed by atoms with van der Waals surface area (Å²) in [6, 6.07) is 0. The van der Waals surface area contributed by atoms with Crippen LogP contribution in [-0.2, 0) is 16.1 Å². The van der Waals surface area contributed by atoms with Crippen LogP contribution in [0.1, 0.15) is 24.2 Å². The van der Waals surface area contributed by atoms with Crippen molar-refractivity contribution in [3.63, 3.8) is 0 Å². The fourth-order valence-corrected chi connectivity index (χ4v) is 4.08. The minimum Gasteiger partial charge on any atom is -0.481 e. The predicted molar refractivity (Wildman–Crippen MR) is 84.9 cm³/mol. The third kappa shape index (κ3) is 2.56. The standard InChI is InChI=1S/C17H22N4O3/c1-11-4-19-14(5-18-11)8-20-6-13-7-21(15(22)12-2-3-12)10-17(13,9-20)16(23)24/h4-5,12-13H,2-3,6-10H2,1H3,(H,23,24)/t13-,17-/m1/s1. The summed E-state index contributed by atoms with van der Waals surface area (Å²) in [7, 11) is 0. The number of carbonyl (C=O) groups excluding carboxylic acids is 1. The minimum atomic E-state index is -0.831. The van der Waals surface area contributed by atoms with E-state index in [1.54, 1.807) is 17.3 Å². The molecule has 7 nitrogen and oxygen atoms in total. The first-order valence-electron chi connectivity index (χ1n) is 8.50. The zero-order valence-corrected chi connectivity index (χ0v) is 13.8. The van der Waals surface area contributed by atoms with Gasteiger partial charge in [0.2, 0.25) is 5.91 Å². The van der Waals surface area contributed by atoms with Gasteiger partial charge in [-0.1, -0.05) is 0 Å². The molecule has 0 radical (unpaired) electrons. The van der Waals surface area contributed by atoms with Crippen LogP contribution >= 0.6 is 0 Å². The van der Waals surface area contributed by atoms with E-state index in [0.717, 1.165) is 24.2 Å². The van der Waals surface area contributed by atoms with E-state index in [9.17, 15) is 14.7 Å². The molecule has 3 fully saturated rings. The molecule has 1 N–H and O–H groups in total. The van der Waals surface area contributed by atoms with Crippen molar-refractivity contribution in [1.82, 2.24) is 19.8 Å². The fraction of sp³-hybridized carbons (Fsp3) is 0.647. The van der Waals surface area contributed by atoms with Gasteiger partial charge in [-0.3, -0.25) is 24.5 Å². The van der Waals surface area contributed by atoms with Gasteiger partial charge in [-0.25, -0.2) is 0 Å². The Morgan fingerprint density at radius 3 is 2.62 bits per heavy atom. The molecule has 3 aliphatic rings. The van der Waals surface area contributed by atoms with Gasteiger partial charge in [-0.2, -0.15) is 0 Å². The molecule has 7 heteroatoms. The number of likely N-dealkylation sites (tertiary alicyclic amines) is 2. The summed E-state index contributed by atoms with van der Waals surface area (Å²) < 4.78 is 0. The van der Waals surface area contributed by atoms with E-state index in [-0.39, 0.29) is 17.7 Å². The lowest BCUT2D eigenvalue weighted by atomic mass is 9.81. The summed E-state index contributed by atoms with van der Waals surface area (Å²) in [6.07, 6.45) is 5.39. The van der Waals surface area contributed by atoms with Crippen molar-refractivity contribution in [2.45, 2.75) is 26.3 Å². The van der Waals surface area contributed by atoms with Gasteiger partial charge in [0.15, 0.2) is 0 Å². The number of carboxylic acids is 1. The number of fused-ring (bicyclic) bond motifs is 1. The van der Waals surface area contributed by atoms with Crippen LogP contribution in [0.25, 0.3) is 0 Å². The molecule has 3 heterocycles. The number of carbonyl (C=O) groups is 2. The molecule has 2 atom stereocenters. The maximum Gasteiger partial charge on any atom is 0.313 e. The summed E-state index contributed by atoms with van der Waals surface area (Å²) in [5.74, 6) is -0.484. The van der Waals surface area contributed by atoms with Crippen LogP contribution in [0.2, 0.25) is 0 Å². The van der Waals surface area contributed by atoms with Gasteiger partial charge in [0, 0.05) is 57.0 Å². The molecule has 1 aromatic heterocycles. The van der Waals surface area contributed by atoms with Gasteiger partial charge in [0.05, 0.1) is 11.4 Å². The summed E-state index contributed by atoms with van der Waals surface area (Å²) in [4.78, 5) is 36.9. The highest BCUT2D eigenvalue weighted by Gasteiger charge is 2.59. The van der Waals surface area contributed by atoms with Gasteiger partial charge in [0.25, 0.3) is 0 Å². The second kappa shape index (κ2) is 5.51. The predicted octanol–water partition coefficient (Wildman–Crippen LogP) is 0.540. The first kappa shape index (κ1) is 15.5. The number of hydrogen-bond donors (Lipinski definition) is 1. The number of aliphatic carboxylic acids is 1. The molecule has 0 aromatic carbocycles. The average Bonchev–Trinajstić information content (AvgIpc) is 3.24. The Balaban J connectivity index is 1.47. The SMILES string of the molecule is Cc1cnc(CN2C[C@@H]3CN(C(=O)C4CC4)C[C@]3(C(=O)O)C2)cn1. The Morgan fingerprint density at radius 1 is 1.25 bits per heavy atom. The lowest BCUT2D eigenvalue weighted by Gasteiger charge is -2.25. The minimum absolute atomic E-state index is 0.00360. The van der Waals surface area contributed by atoms with Crippen molar-refractivity contribution in [2.75, 3.05) is 26.2 Å². The monoisotopic (exact) mass is 330 g/mol. The summed E-state index contributed by atoms with van der Waals surface area (Å²) >= 11 is 0. The molecular weight excluding hydrogens is 308 g/mol. The molecule has 1 aliphatic carbocycles. The van der Waals surface area contributed by atoms with Crippen LogP contribution in [0.3, 0.4) is 0 Å². The van der Waals surface area contributed by atoms with Gasteiger partial charge >= 0.3 is 5.97 Å². The first-order chi connectivity index (χ1) is 11.5. The molecular formula is C17H22N4O3. The number of aromatic nitrogens is 2. The molecule has 0 spiro atoms. The van der Waals surface area contributed by atoms with Crippen LogP contribution < -0.4 is 0 Å². The summed E-state index contributed by atoms with van der Waals surface area (Å²) in [5.41, 5.74) is 0.892. The van der Waals surface area contributed by atoms with Crippen LogP contribution in [0.15, 0.2) is 12.4 Å². The Hall–Kier alpha value is -2.02. The number of amides is 1. The first-order valence-corrected chi connectivity index (χ1v) is 8.50. The molecule has 0 unspecified atom stereocenters. The zero-order valence-electron chi connectivity index (χ0n) is 13.8. The molecule has 4 rings (SSSR count). The van der Waals surface area contributed by atoms with Gasteiger partial charge < -0.3 is 10.0 Å². The van der Waals surface area contributed by atoms with Crippen LogP contribution in [-0.4, -0.2) is 62.9 Å². The normalized spacial score (nSPS) is 29.7. The van der Waals surface area contributed by atoms with E-state index in [1.807, 2.05) is 6.92 Å². The van der Waals surface area contributed by atoms with Crippen molar-refractivity contribution in [3.8, 4) is 0 Å². The molecule has 2 aliphatic heterocycles. The second-order valence-electron chi connectivity index (χ2n) is 7.47. The average molecular weight is 330 g/mol. The molecule has 1 saturated carbocycles. The topological polar surface area (TPSA) is 86.6 Å². The molecule has 128 valence electrons. The van der Waals surface area contributed by atoms with Crippen molar-refractivity contribution >= 4 is 11.9 Å². The maximum absolute atomic E-state index is 12.3. The molecule has 24 heavy (non-hydrogen) atoms. The van der Waals surface area contributed by atoms with Gasteiger partial charge in [-0.15, -0.1) is 0 Å². The second-order valence-corrected chi connectivity index (χ2v) is 7.47. The molecule has 1 amide bonds. The van der Waals surface area contributed by atoms with E-state index >= 15 is 0 Å². The maximum atomic E-state index is 12.3. The van der Waals surface area contributed by atoms with Crippen molar-refractivity contribution in [2.24, 2.45) is 17.3 Å². The third-order valence-electron chi connectivity index (χ3n) is 5.56. The number of rotatable bonds is 4. The Morgan fingerprint density at radius 2 is 2.04 bits per heavy atom. The van der Waals surface area contributed by atoms with Gasteiger partial charge in [-0.05, 0) is 19.8 Å². The highest BCUT2D eigenvalue weighted by Crippen LogP contribution is 2.45. The largest absolute Gasteiger partial charge is 0.481 e. The molecule has 0 bridgehead atoms.